The first kappa shape index (κ1) is 18.3. The van der Waals surface area contributed by atoms with Crippen molar-refractivity contribution in [3.05, 3.63) is 33.8 Å². The molecule has 0 heterocycles. The van der Waals surface area contributed by atoms with Crippen molar-refractivity contribution in [2.24, 2.45) is 0 Å². The van der Waals surface area contributed by atoms with Gasteiger partial charge < -0.3 is 15.3 Å². The number of hydrogen-bond acceptors (Lipinski definition) is 3. The van der Waals surface area contributed by atoms with Crippen LogP contribution in [0.4, 0.5) is 0 Å². The summed E-state index contributed by atoms with van der Waals surface area (Å²) < 4.78 is 0. The lowest BCUT2D eigenvalue weighted by atomic mass is 9.92. The Morgan fingerprint density at radius 2 is 1.86 bits per heavy atom. The summed E-state index contributed by atoms with van der Waals surface area (Å²) in [6.07, 6.45) is 0. The van der Waals surface area contributed by atoms with Crippen LogP contribution in [0.5, 0.6) is 0 Å². The Morgan fingerprint density at radius 3 is 2.32 bits per heavy atom. The van der Waals surface area contributed by atoms with Gasteiger partial charge in [0, 0.05) is 14.0 Å². The number of carboxylic acids is 1. The smallest absolute Gasteiger partial charge is 0.333 e. The standard InChI is InChI=1S/C14H16Cl2N2O4/c1-8(19)18(3)7-12(20)17-14(2,13(21)22)9-4-5-10(15)11(16)6-9/h4-6H,7H2,1-3H3,(H,17,20)(H,21,22). The molecule has 120 valence electrons. The summed E-state index contributed by atoms with van der Waals surface area (Å²) in [6.45, 7) is 2.39. The lowest BCUT2D eigenvalue weighted by Crippen LogP contribution is -2.52. The molecule has 0 bridgehead atoms. The van der Waals surface area contributed by atoms with Crippen LogP contribution >= 0.6 is 23.2 Å². The molecule has 8 heteroatoms. The third kappa shape index (κ3) is 4.11. The van der Waals surface area contributed by atoms with Crippen molar-refractivity contribution in [2.45, 2.75) is 19.4 Å². The van der Waals surface area contributed by atoms with E-state index >= 15 is 0 Å². The molecule has 0 saturated carbocycles. The zero-order valence-corrected chi connectivity index (χ0v) is 13.8. The predicted molar refractivity (Wildman–Crippen MR) is 82.9 cm³/mol. The number of benzene rings is 1. The highest BCUT2D eigenvalue weighted by Crippen LogP contribution is 2.29. The van der Waals surface area contributed by atoms with E-state index in [4.69, 9.17) is 23.2 Å². The zero-order chi connectivity index (χ0) is 17.1. The van der Waals surface area contributed by atoms with Crippen LogP contribution in [0.25, 0.3) is 0 Å². The Balaban J connectivity index is 3.06. The van der Waals surface area contributed by atoms with Crippen molar-refractivity contribution in [2.75, 3.05) is 13.6 Å². The normalized spacial score (nSPS) is 13.1. The second-order valence-corrected chi connectivity index (χ2v) is 5.80. The van der Waals surface area contributed by atoms with E-state index in [2.05, 4.69) is 5.32 Å². The fourth-order valence-electron chi connectivity index (χ4n) is 1.70. The summed E-state index contributed by atoms with van der Waals surface area (Å²) in [6, 6.07) is 4.30. The Hall–Kier alpha value is -1.79. The van der Waals surface area contributed by atoms with E-state index < -0.39 is 17.4 Å². The van der Waals surface area contributed by atoms with Crippen LogP contribution in [0, 0.1) is 0 Å². The minimum absolute atomic E-state index is 0.182. The average Bonchev–Trinajstić information content (AvgIpc) is 2.40. The molecular formula is C14H16Cl2N2O4. The summed E-state index contributed by atoms with van der Waals surface area (Å²) in [5.74, 6) is -2.17. The molecule has 2 N–H and O–H groups in total. The lowest BCUT2D eigenvalue weighted by molar-refractivity contribution is -0.147. The zero-order valence-electron chi connectivity index (χ0n) is 12.3. The molecular weight excluding hydrogens is 331 g/mol. The maximum absolute atomic E-state index is 12.0. The molecule has 0 saturated heterocycles. The van der Waals surface area contributed by atoms with Crippen LogP contribution in [0.15, 0.2) is 18.2 Å². The average molecular weight is 347 g/mol. The van der Waals surface area contributed by atoms with Crippen LogP contribution in [0.2, 0.25) is 10.0 Å². The largest absolute Gasteiger partial charge is 0.479 e. The van der Waals surface area contributed by atoms with E-state index in [1.165, 1.54) is 44.0 Å². The molecule has 0 aliphatic heterocycles. The van der Waals surface area contributed by atoms with Crippen molar-refractivity contribution < 1.29 is 19.5 Å². The Labute approximate surface area is 138 Å². The van der Waals surface area contributed by atoms with Gasteiger partial charge in [-0.1, -0.05) is 29.3 Å². The molecule has 1 aromatic rings. The number of carbonyl (C=O) groups is 3. The van der Waals surface area contributed by atoms with Gasteiger partial charge in [-0.2, -0.15) is 0 Å². The lowest BCUT2D eigenvalue weighted by Gasteiger charge is -2.28. The van der Waals surface area contributed by atoms with Crippen molar-refractivity contribution in [3.8, 4) is 0 Å². The number of carboxylic acid groups (broad SMARTS) is 1. The van der Waals surface area contributed by atoms with Crippen LogP contribution in [0.3, 0.4) is 0 Å². The van der Waals surface area contributed by atoms with E-state index in [0.29, 0.717) is 0 Å². The number of halogens is 2. The van der Waals surface area contributed by atoms with Gasteiger partial charge in [-0.15, -0.1) is 0 Å². The summed E-state index contributed by atoms with van der Waals surface area (Å²) >= 11 is 11.7. The van der Waals surface area contributed by atoms with Gasteiger partial charge in [-0.25, -0.2) is 4.79 Å². The van der Waals surface area contributed by atoms with Crippen molar-refractivity contribution in [1.82, 2.24) is 10.2 Å². The number of nitrogens with zero attached hydrogens (tertiary/aromatic N) is 1. The number of rotatable bonds is 5. The van der Waals surface area contributed by atoms with Crippen molar-refractivity contribution >= 4 is 41.0 Å². The molecule has 1 atom stereocenters. The highest BCUT2D eigenvalue weighted by Gasteiger charge is 2.37. The molecule has 1 unspecified atom stereocenters. The maximum Gasteiger partial charge on any atom is 0.333 e. The van der Waals surface area contributed by atoms with Gasteiger partial charge >= 0.3 is 5.97 Å². The van der Waals surface area contributed by atoms with E-state index in [-0.39, 0.29) is 28.1 Å². The molecule has 2 amide bonds. The van der Waals surface area contributed by atoms with Gasteiger partial charge in [0.15, 0.2) is 5.54 Å². The number of carbonyl (C=O) groups excluding carboxylic acids is 2. The highest BCUT2D eigenvalue weighted by molar-refractivity contribution is 6.42. The molecule has 0 spiro atoms. The van der Waals surface area contributed by atoms with Gasteiger partial charge in [0.1, 0.15) is 0 Å². The Morgan fingerprint density at radius 1 is 1.27 bits per heavy atom. The second-order valence-electron chi connectivity index (χ2n) is 4.98. The van der Waals surface area contributed by atoms with Crippen LogP contribution in [0.1, 0.15) is 19.4 Å². The second kappa shape index (κ2) is 6.98. The molecule has 0 aliphatic rings. The van der Waals surface area contributed by atoms with Crippen molar-refractivity contribution in [1.29, 1.82) is 0 Å². The minimum atomic E-state index is -1.69. The number of hydrogen-bond donors (Lipinski definition) is 2. The molecule has 0 fully saturated rings. The first-order valence-electron chi connectivity index (χ1n) is 6.29. The Kier molecular flexibility index (Phi) is 5.79. The summed E-state index contributed by atoms with van der Waals surface area (Å²) in [5, 5.41) is 12.3. The number of amides is 2. The molecule has 0 aliphatic carbocycles. The molecule has 22 heavy (non-hydrogen) atoms. The van der Waals surface area contributed by atoms with Crippen molar-refractivity contribution in [3.63, 3.8) is 0 Å². The fraction of sp³-hybridized carbons (Fsp3) is 0.357. The number of nitrogens with one attached hydrogen (secondary N) is 1. The van der Waals surface area contributed by atoms with Gasteiger partial charge in [0.05, 0.1) is 16.6 Å². The first-order chi connectivity index (χ1) is 10.1. The maximum atomic E-state index is 12.0. The predicted octanol–water partition coefficient (Wildman–Crippen LogP) is 1.89. The Bertz CT molecular complexity index is 621. The molecule has 6 nitrogen and oxygen atoms in total. The van der Waals surface area contributed by atoms with Gasteiger partial charge in [0.2, 0.25) is 11.8 Å². The van der Waals surface area contributed by atoms with E-state index in [0.717, 1.165) is 0 Å². The topological polar surface area (TPSA) is 86.7 Å². The summed E-state index contributed by atoms with van der Waals surface area (Å²) in [5.41, 5.74) is -1.42. The quantitative estimate of drug-likeness (QED) is 0.852. The SMILES string of the molecule is CC(=O)N(C)CC(=O)NC(C)(C(=O)O)c1ccc(Cl)c(Cl)c1. The molecule has 0 aromatic heterocycles. The minimum Gasteiger partial charge on any atom is -0.479 e. The third-order valence-electron chi connectivity index (χ3n) is 3.23. The van der Waals surface area contributed by atoms with E-state index in [1.807, 2.05) is 0 Å². The van der Waals surface area contributed by atoms with Crippen LogP contribution in [-0.2, 0) is 19.9 Å². The number of likely N-dealkylation sites (N-methyl/N-ethyl adjacent to an activating group) is 1. The number of aliphatic carboxylic acids is 1. The highest BCUT2D eigenvalue weighted by atomic mass is 35.5. The van der Waals surface area contributed by atoms with E-state index in [9.17, 15) is 19.5 Å². The summed E-state index contributed by atoms with van der Waals surface area (Å²) in [4.78, 5) is 35.9. The van der Waals surface area contributed by atoms with Gasteiger partial charge in [0.25, 0.3) is 0 Å². The molecule has 1 aromatic carbocycles. The molecule has 1 rings (SSSR count). The third-order valence-corrected chi connectivity index (χ3v) is 3.97. The first-order valence-corrected chi connectivity index (χ1v) is 7.05. The van der Waals surface area contributed by atoms with Gasteiger partial charge in [-0.3, -0.25) is 9.59 Å². The van der Waals surface area contributed by atoms with E-state index in [1.54, 1.807) is 0 Å². The van der Waals surface area contributed by atoms with Crippen LogP contribution in [-0.4, -0.2) is 41.4 Å². The fourth-order valence-corrected chi connectivity index (χ4v) is 2.00. The molecule has 0 radical (unpaired) electrons. The summed E-state index contributed by atoms with van der Waals surface area (Å²) in [7, 11) is 1.44. The van der Waals surface area contributed by atoms with Crippen LogP contribution < -0.4 is 5.32 Å². The monoisotopic (exact) mass is 346 g/mol. The van der Waals surface area contributed by atoms with Gasteiger partial charge in [-0.05, 0) is 24.6 Å².